The lowest BCUT2D eigenvalue weighted by molar-refractivity contribution is 0.102. The van der Waals surface area contributed by atoms with Gasteiger partial charge in [-0.3, -0.25) is 4.79 Å². The van der Waals surface area contributed by atoms with E-state index in [2.05, 4.69) is 0 Å². The van der Waals surface area contributed by atoms with Gasteiger partial charge in [0.2, 0.25) is 11.6 Å². The van der Waals surface area contributed by atoms with E-state index in [1.54, 1.807) is 0 Å². The van der Waals surface area contributed by atoms with Crippen LogP contribution in [0.5, 0.6) is 5.75 Å². The van der Waals surface area contributed by atoms with E-state index >= 15 is 0 Å². The molecule has 3 aromatic rings. The summed E-state index contributed by atoms with van der Waals surface area (Å²) in [7, 11) is 0. The smallest absolute Gasteiger partial charge is 0.347 e. The largest absolute Gasteiger partial charge is 0.508 e. The fourth-order valence-corrected chi connectivity index (χ4v) is 2.20. The molecule has 0 unspecified atom stereocenters. The Bertz CT molecular complexity index is 1070. The summed E-state index contributed by atoms with van der Waals surface area (Å²) in [5, 5.41) is 9.38. The molecule has 0 atom stereocenters. The molecule has 3 rings (SSSR count). The van der Waals surface area contributed by atoms with E-state index in [1.807, 2.05) is 0 Å². The first-order chi connectivity index (χ1) is 11.7. The van der Waals surface area contributed by atoms with E-state index in [0.29, 0.717) is 0 Å². The third-order valence-corrected chi connectivity index (χ3v) is 3.40. The van der Waals surface area contributed by atoms with Crippen molar-refractivity contribution in [2.45, 2.75) is 0 Å². The fourth-order valence-electron chi connectivity index (χ4n) is 2.20. The lowest BCUT2D eigenvalue weighted by Crippen LogP contribution is -2.19. The van der Waals surface area contributed by atoms with E-state index in [0.717, 1.165) is 12.1 Å². The second-order valence-corrected chi connectivity index (χ2v) is 4.94. The van der Waals surface area contributed by atoms with Gasteiger partial charge >= 0.3 is 5.63 Å². The Morgan fingerprint density at radius 1 is 0.880 bits per heavy atom. The summed E-state index contributed by atoms with van der Waals surface area (Å²) in [5.41, 5.74) is -4.20. The molecular weight excluding hydrogens is 351 g/mol. The molecule has 9 heteroatoms. The minimum Gasteiger partial charge on any atom is -0.508 e. The van der Waals surface area contributed by atoms with Crippen LogP contribution >= 0.6 is 0 Å². The van der Waals surface area contributed by atoms with E-state index in [4.69, 9.17) is 4.42 Å². The molecule has 0 aliphatic heterocycles. The molecule has 0 fully saturated rings. The van der Waals surface area contributed by atoms with Gasteiger partial charge in [0.25, 0.3) is 0 Å². The highest BCUT2D eigenvalue weighted by Gasteiger charge is 2.31. The molecule has 0 aliphatic carbocycles. The van der Waals surface area contributed by atoms with Crippen molar-refractivity contribution in [1.82, 2.24) is 0 Å². The van der Waals surface area contributed by atoms with Crippen LogP contribution in [0.4, 0.5) is 22.0 Å². The number of phenolic OH excluding ortho intramolecular Hbond substituents is 1. The van der Waals surface area contributed by atoms with Crippen LogP contribution in [-0.4, -0.2) is 10.9 Å². The van der Waals surface area contributed by atoms with E-state index < -0.39 is 51.6 Å². The maximum atomic E-state index is 13.7. The van der Waals surface area contributed by atoms with Crippen molar-refractivity contribution in [1.29, 1.82) is 0 Å². The highest BCUT2D eigenvalue weighted by atomic mass is 19.2. The fraction of sp³-hybridized carbons (Fsp3) is 0. The lowest BCUT2D eigenvalue weighted by atomic mass is 10.0. The zero-order valence-corrected chi connectivity index (χ0v) is 11.9. The number of rotatable bonds is 2. The lowest BCUT2D eigenvalue weighted by Gasteiger charge is -2.07. The maximum Gasteiger partial charge on any atom is 0.347 e. The molecule has 0 saturated heterocycles. The summed E-state index contributed by atoms with van der Waals surface area (Å²) in [6, 6.07) is 4.31. The van der Waals surface area contributed by atoms with Gasteiger partial charge in [-0.2, -0.15) is 0 Å². The second-order valence-electron chi connectivity index (χ2n) is 4.94. The number of halogens is 5. The molecule has 1 N–H and O–H groups in total. The van der Waals surface area contributed by atoms with E-state index in [9.17, 15) is 36.6 Å². The summed E-state index contributed by atoms with van der Waals surface area (Å²) >= 11 is 0. The summed E-state index contributed by atoms with van der Waals surface area (Å²) in [6.07, 6.45) is 0. The number of benzene rings is 2. The van der Waals surface area contributed by atoms with Gasteiger partial charge in [-0.25, -0.2) is 26.7 Å². The van der Waals surface area contributed by atoms with Crippen LogP contribution in [0.1, 0.15) is 15.9 Å². The Kier molecular flexibility index (Phi) is 3.78. The Balaban J connectivity index is 2.27. The molecule has 0 aliphatic rings. The van der Waals surface area contributed by atoms with Crippen molar-refractivity contribution in [3.05, 3.63) is 74.9 Å². The zero-order chi connectivity index (χ0) is 18.5. The standard InChI is InChI=1S/C16H5F5O4/c17-10-9(11(18)13(20)14(21)12(10)19)15(23)7-3-5-1-2-6(22)4-8(5)25-16(7)24/h1-4,22H. The first-order valence-corrected chi connectivity index (χ1v) is 6.55. The topological polar surface area (TPSA) is 67.5 Å². The second kappa shape index (κ2) is 5.69. The number of aromatic hydroxyl groups is 1. The molecule has 25 heavy (non-hydrogen) atoms. The molecule has 0 spiro atoms. The summed E-state index contributed by atoms with van der Waals surface area (Å²) in [4.78, 5) is 24.0. The zero-order valence-electron chi connectivity index (χ0n) is 11.9. The van der Waals surface area contributed by atoms with Gasteiger partial charge in [-0.1, -0.05) is 0 Å². The highest BCUT2D eigenvalue weighted by molar-refractivity contribution is 6.10. The molecule has 1 heterocycles. The first kappa shape index (κ1) is 16.6. The van der Waals surface area contributed by atoms with Crippen molar-refractivity contribution >= 4 is 16.8 Å². The van der Waals surface area contributed by atoms with Crippen LogP contribution < -0.4 is 5.63 Å². The summed E-state index contributed by atoms with van der Waals surface area (Å²) in [5.74, 6) is -13.7. The Morgan fingerprint density at radius 3 is 2.04 bits per heavy atom. The normalized spacial score (nSPS) is 11.1. The quantitative estimate of drug-likeness (QED) is 0.251. The number of hydrogen-bond donors (Lipinski definition) is 1. The van der Waals surface area contributed by atoms with Gasteiger partial charge in [-0.15, -0.1) is 0 Å². The van der Waals surface area contributed by atoms with Gasteiger partial charge in [0.05, 0.1) is 0 Å². The van der Waals surface area contributed by atoms with Crippen LogP contribution in [0.25, 0.3) is 11.0 Å². The molecule has 2 aromatic carbocycles. The van der Waals surface area contributed by atoms with Gasteiger partial charge in [0, 0.05) is 11.5 Å². The van der Waals surface area contributed by atoms with Crippen molar-refractivity contribution in [2.24, 2.45) is 0 Å². The average Bonchev–Trinajstić information content (AvgIpc) is 2.57. The van der Waals surface area contributed by atoms with Crippen molar-refractivity contribution < 1.29 is 36.3 Å². The van der Waals surface area contributed by atoms with Crippen molar-refractivity contribution in [3.63, 3.8) is 0 Å². The Morgan fingerprint density at radius 2 is 1.44 bits per heavy atom. The third-order valence-electron chi connectivity index (χ3n) is 3.40. The number of hydrogen-bond acceptors (Lipinski definition) is 4. The van der Waals surface area contributed by atoms with Gasteiger partial charge < -0.3 is 9.52 Å². The molecule has 0 bridgehead atoms. The molecular formula is C16H5F5O4. The third kappa shape index (κ3) is 2.53. The summed E-state index contributed by atoms with van der Waals surface area (Å²) in [6.45, 7) is 0. The molecule has 0 saturated carbocycles. The Hall–Kier alpha value is -3.23. The average molecular weight is 356 g/mol. The van der Waals surface area contributed by atoms with E-state index in [1.165, 1.54) is 12.1 Å². The monoisotopic (exact) mass is 356 g/mol. The molecule has 128 valence electrons. The molecule has 0 amide bonds. The molecule has 4 nitrogen and oxygen atoms in total. The predicted molar refractivity (Wildman–Crippen MR) is 73.8 cm³/mol. The van der Waals surface area contributed by atoms with Crippen LogP contribution in [-0.2, 0) is 0 Å². The predicted octanol–water partition coefficient (Wildman–Crippen LogP) is 3.43. The molecule has 0 radical (unpaired) electrons. The number of carbonyl (C=O) groups excluding carboxylic acids is 1. The summed E-state index contributed by atoms with van der Waals surface area (Å²) < 4.78 is 71.7. The molecule has 1 aromatic heterocycles. The van der Waals surface area contributed by atoms with Crippen LogP contribution in [0, 0.1) is 29.1 Å². The van der Waals surface area contributed by atoms with Crippen molar-refractivity contribution in [2.75, 3.05) is 0 Å². The number of phenols is 1. The van der Waals surface area contributed by atoms with Crippen LogP contribution in [0.3, 0.4) is 0 Å². The Labute approximate surface area is 134 Å². The SMILES string of the molecule is O=C(c1c(F)c(F)c(F)c(F)c1F)c1cc2ccc(O)cc2oc1=O. The number of fused-ring (bicyclic) bond motifs is 1. The van der Waals surface area contributed by atoms with Gasteiger partial charge in [-0.05, 0) is 18.2 Å². The van der Waals surface area contributed by atoms with Crippen LogP contribution in [0.2, 0.25) is 0 Å². The first-order valence-electron chi connectivity index (χ1n) is 6.55. The van der Waals surface area contributed by atoms with Crippen LogP contribution in [0.15, 0.2) is 33.5 Å². The highest BCUT2D eigenvalue weighted by Crippen LogP contribution is 2.26. The van der Waals surface area contributed by atoms with Gasteiger partial charge in [0.15, 0.2) is 23.3 Å². The van der Waals surface area contributed by atoms with Crippen molar-refractivity contribution in [3.8, 4) is 5.75 Å². The van der Waals surface area contributed by atoms with Gasteiger partial charge in [0.1, 0.15) is 22.5 Å². The van der Waals surface area contributed by atoms with E-state index in [-0.39, 0.29) is 16.7 Å². The minimum atomic E-state index is -2.42. The number of carbonyl (C=O) groups is 1. The maximum absolute atomic E-state index is 13.7. The number of ketones is 1. The minimum absolute atomic E-state index is 0.0876.